The molecule has 48 heavy (non-hydrogen) atoms. The normalized spacial score (nSPS) is 11.6. The van der Waals surface area contributed by atoms with Gasteiger partial charge < -0.3 is 22.1 Å². The molecule has 0 aromatic heterocycles. The molecule has 5 nitrogen and oxygen atoms in total. The summed E-state index contributed by atoms with van der Waals surface area (Å²) in [6.07, 6.45) is 0. The second-order valence-electron chi connectivity index (χ2n) is 12.9. The highest BCUT2D eigenvalue weighted by molar-refractivity contribution is 6.96. The first kappa shape index (κ1) is 45.8. The van der Waals surface area contributed by atoms with Gasteiger partial charge >= 0.3 is 0 Å². The quantitative estimate of drug-likeness (QED) is 0.178. The van der Waals surface area contributed by atoms with E-state index < -0.39 is 43.0 Å². The molecule has 0 bridgehead atoms. The predicted molar refractivity (Wildman–Crippen MR) is 224 cm³/mol. The Bertz CT molecular complexity index is 1270. The molecule has 1 atom stereocenters. The molecule has 0 aliphatic heterocycles. The maximum atomic E-state index is 5.85. The fraction of sp³-hybridized carbons (Fsp3) is 0.368. The van der Waals surface area contributed by atoms with Crippen LogP contribution in [0.1, 0.15) is 0 Å². The summed E-state index contributed by atoms with van der Waals surface area (Å²) in [5.41, 5.74) is 0. The van der Waals surface area contributed by atoms with Crippen LogP contribution in [0.25, 0.3) is 0 Å². The number of hydrogen-bond donors (Lipinski definition) is 0. The van der Waals surface area contributed by atoms with Gasteiger partial charge in [0.25, 0.3) is 8.32 Å². The lowest BCUT2D eigenvalue weighted by molar-refractivity contribution is 0.411. The van der Waals surface area contributed by atoms with Crippen molar-refractivity contribution in [3.8, 4) is 0 Å². The Morgan fingerprint density at radius 3 is 0.979 bits per heavy atom. The Morgan fingerprint density at radius 1 is 0.417 bits per heavy atom. The summed E-state index contributed by atoms with van der Waals surface area (Å²) in [6.45, 7) is 19.6. The molecule has 0 saturated carbocycles. The minimum absolute atomic E-state index is 0.650. The summed E-state index contributed by atoms with van der Waals surface area (Å²) in [4.78, 5) is 0. The van der Waals surface area contributed by atoms with E-state index in [0.29, 0.717) is 0 Å². The van der Waals surface area contributed by atoms with Gasteiger partial charge in [-0.1, -0.05) is 121 Å². The molecule has 1 unspecified atom stereocenters. The summed E-state index contributed by atoms with van der Waals surface area (Å²) in [5.74, 6) is 0. The summed E-state index contributed by atoms with van der Waals surface area (Å²) < 4.78 is 26.6. The Hall–Kier alpha value is -2.24. The third-order valence-electron chi connectivity index (χ3n) is 7.74. The van der Waals surface area contributed by atoms with Crippen LogP contribution in [0.2, 0.25) is 58.9 Å². The fourth-order valence-corrected chi connectivity index (χ4v) is 8.46. The van der Waals surface area contributed by atoms with Gasteiger partial charge in [0.15, 0.2) is 17.4 Å². The van der Waals surface area contributed by atoms with Gasteiger partial charge in [-0.2, -0.15) is 0 Å². The second kappa shape index (κ2) is 24.8. The van der Waals surface area contributed by atoms with Crippen molar-refractivity contribution in [2.24, 2.45) is 0 Å². The Labute approximate surface area is 300 Å². The average Bonchev–Trinajstić information content (AvgIpc) is 3.13. The summed E-state index contributed by atoms with van der Waals surface area (Å²) >= 11 is 0. The average molecular weight is 741 g/mol. The Kier molecular flexibility index (Phi) is 23.7. The number of rotatable bonds is 9. The van der Waals surface area contributed by atoms with Gasteiger partial charge in [-0.15, -0.1) is 0 Å². The molecule has 0 aliphatic carbocycles. The Morgan fingerprint density at radius 2 is 0.729 bits per heavy atom. The van der Waals surface area contributed by atoms with E-state index >= 15 is 0 Å². The molecule has 266 valence electrons. The molecule has 0 heterocycles. The van der Waals surface area contributed by atoms with Gasteiger partial charge in [-0.25, -0.2) is 0 Å². The molecule has 0 amide bonds. The van der Waals surface area contributed by atoms with Crippen molar-refractivity contribution in [2.75, 3.05) is 35.5 Å². The largest absolute Gasteiger partial charge is 0.424 e. The van der Waals surface area contributed by atoms with Crippen LogP contribution in [0.3, 0.4) is 0 Å². The van der Waals surface area contributed by atoms with Gasteiger partial charge in [-0.05, 0) is 79.7 Å². The summed E-state index contributed by atoms with van der Waals surface area (Å²) in [5, 5.41) is 5.33. The van der Waals surface area contributed by atoms with Crippen LogP contribution < -0.4 is 20.7 Å². The second-order valence-corrected chi connectivity index (χ2v) is 30.2. The van der Waals surface area contributed by atoms with Crippen molar-refractivity contribution < 1.29 is 22.1 Å². The van der Waals surface area contributed by atoms with Crippen molar-refractivity contribution >= 4 is 63.8 Å². The van der Waals surface area contributed by atoms with E-state index in [1.165, 1.54) is 20.7 Å². The van der Waals surface area contributed by atoms with Crippen LogP contribution in [-0.4, -0.2) is 78.6 Å². The zero-order valence-corrected chi connectivity index (χ0v) is 37.6. The van der Waals surface area contributed by atoms with Crippen LogP contribution in [0.15, 0.2) is 121 Å². The van der Waals surface area contributed by atoms with Crippen molar-refractivity contribution in [3.05, 3.63) is 121 Å². The SMILES string of the molecule is CO[SiH](C)C.CO[SiH](C)c1ccccc1.CO[Si](C)(C)C.CO[Si](C)(C)c1ccccc1.CO[Si](C)(c1ccccc1)c1ccccc1. The third-order valence-corrected chi connectivity index (χ3v) is 18.4. The van der Waals surface area contributed by atoms with Crippen LogP contribution in [0, 0.1) is 0 Å². The maximum absolute atomic E-state index is 5.85. The molecule has 0 N–H and O–H groups in total. The van der Waals surface area contributed by atoms with Gasteiger partial charge in [-0.3, -0.25) is 0 Å². The minimum atomic E-state index is -1.98. The van der Waals surface area contributed by atoms with Crippen LogP contribution in [0.4, 0.5) is 0 Å². The first-order valence-corrected chi connectivity index (χ1v) is 30.2. The topological polar surface area (TPSA) is 46.2 Å². The lowest BCUT2D eigenvalue weighted by Gasteiger charge is -2.26. The lowest BCUT2D eigenvalue weighted by Crippen LogP contribution is -2.57. The van der Waals surface area contributed by atoms with E-state index in [9.17, 15) is 0 Å². The molecular formula is C38H64O5Si5. The van der Waals surface area contributed by atoms with Crippen molar-refractivity contribution in [2.45, 2.75) is 58.9 Å². The van der Waals surface area contributed by atoms with Crippen LogP contribution in [-0.2, 0) is 22.1 Å². The monoisotopic (exact) mass is 740 g/mol. The molecule has 0 radical (unpaired) electrons. The zero-order chi connectivity index (χ0) is 36.6. The molecule has 10 heteroatoms. The molecule has 4 aromatic rings. The zero-order valence-electron chi connectivity index (χ0n) is 32.2. The molecule has 0 aliphatic rings. The lowest BCUT2D eigenvalue weighted by atomic mass is 10.4. The van der Waals surface area contributed by atoms with Gasteiger partial charge in [0, 0.05) is 35.5 Å². The fourth-order valence-electron chi connectivity index (χ4n) is 3.73. The van der Waals surface area contributed by atoms with Crippen molar-refractivity contribution in [3.63, 3.8) is 0 Å². The van der Waals surface area contributed by atoms with E-state index in [1.54, 1.807) is 28.4 Å². The third kappa shape index (κ3) is 19.1. The minimum Gasteiger partial charge on any atom is -0.424 e. The van der Waals surface area contributed by atoms with Crippen molar-refractivity contribution in [1.82, 2.24) is 0 Å². The van der Waals surface area contributed by atoms with Crippen molar-refractivity contribution in [1.29, 1.82) is 0 Å². The maximum Gasteiger partial charge on any atom is 0.252 e. The van der Waals surface area contributed by atoms with E-state index in [1.807, 2.05) is 31.4 Å². The highest BCUT2D eigenvalue weighted by Gasteiger charge is 2.32. The van der Waals surface area contributed by atoms with E-state index in [2.05, 4.69) is 156 Å². The molecule has 0 spiro atoms. The van der Waals surface area contributed by atoms with Crippen LogP contribution in [0.5, 0.6) is 0 Å². The van der Waals surface area contributed by atoms with E-state index in [0.717, 1.165) is 0 Å². The first-order valence-electron chi connectivity index (χ1n) is 16.5. The Balaban J connectivity index is 0.000000613. The summed E-state index contributed by atoms with van der Waals surface area (Å²) in [6, 6.07) is 41.8. The molecule has 4 rings (SSSR count). The van der Waals surface area contributed by atoms with Gasteiger partial charge in [0.2, 0.25) is 17.4 Å². The summed E-state index contributed by atoms with van der Waals surface area (Å²) in [7, 11) is 2.57. The molecule has 0 saturated heterocycles. The molecular weight excluding hydrogens is 677 g/mol. The first-order chi connectivity index (χ1) is 22.6. The number of benzene rings is 4. The highest BCUT2D eigenvalue weighted by Crippen LogP contribution is 2.06. The van der Waals surface area contributed by atoms with Gasteiger partial charge in [0.1, 0.15) is 0 Å². The number of hydrogen-bond acceptors (Lipinski definition) is 5. The smallest absolute Gasteiger partial charge is 0.252 e. The predicted octanol–water partition coefficient (Wildman–Crippen LogP) is 6.75. The highest BCUT2D eigenvalue weighted by atomic mass is 28.4. The molecule has 4 aromatic carbocycles. The van der Waals surface area contributed by atoms with E-state index in [4.69, 9.17) is 22.1 Å². The van der Waals surface area contributed by atoms with Gasteiger partial charge in [0.05, 0.1) is 0 Å². The molecule has 0 fully saturated rings. The van der Waals surface area contributed by atoms with E-state index in [-0.39, 0.29) is 0 Å². The van der Waals surface area contributed by atoms with Crippen LogP contribution >= 0.6 is 0 Å². The standard InChI is InChI=1S/C14H16OSi.C9H14OSi.C8H12OSi.C4H12OSi.C3H10OSi/c1-15-16(2,13-9-5-3-6-10-13)14-11-7-4-8-12-14;1-10-11(2,3)9-7-5-4-6-8-9;1-9-10(2)8-6-4-3-5-7-8;1-5-6(2,3)4;1-4-5(2)3/h3-12H,1-2H3;4-8H,1-3H3;3-7,10H,1-2H3;1-4H3;5H,1-3H3.